The largest absolute Gasteiger partial charge is 0.490 e. The van der Waals surface area contributed by atoms with Crippen LogP contribution in [0.15, 0.2) is 55.1 Å². The Morgan fingerprint density at radius 2 is 1.95 bits per heavy atom. The molecule has 0 aliphatic carbocycles. The van der Waals surface area contributed by atoms with Crippen LogP contribution in [0.2, 0.25) is 0 Å². The maximum Gasteiger partial charge on any atom is 0.126 e. The van der Waals surface area contributed by atoms with Gasteiger partial charge in [0.15, 0.2) is 0 Å². The number of rotatable bonds is 6. The number of nitrogens with one attached hydrogen (secondary N) is 1. The fourth-order valence-corrected chi connectivity index (χ4v) is 1.82. The molecule has 0 saturated heterocycles. The zero-order chi connectivity index (χ0) is 14.4. The van der Waals surface area contributed by atoms with E-state index in [9.17, 15) is 4.39 Å². The highest BCUT2D eigenvalue weighted by Crippen LogP contribution is 2.16. The van der Waals surface area contributed by atoms with E-state index in [0.29, 0.717) is 18.7 Å². The van der Waals surface area contributed by atoms with Crippen molar-refractivity contribution in [2.45, 2.75) is 13.5 Å². The zero-order valence-electron chi connectivity index (χ0n) is 11.5. The minimum absolute atomic E-state index is 0.181. The number of halogens is 1. The van der Waals surface area contributed by atoms with Crippen LogP contribution in [0.5, 0.6) is 5.75 Å². The molecule has 20 heavy (non-hydrogen) atoms. The van der Waals surface area contributed by atoms with Crippen molar-refractivity contribution in [1.29, 1.82) is 0 Å². The lowest BCUT2D eigenvalue weighted by atomic mass is 10.2. The van der Waals surface area contributed by atoms with Crippen molar-refractivity contribution in [3.63, 3.8) is 0 Å². The second-order valence-corrected chi connectivity index (χ2v) is 4.56. The third-order valence-electron chi connectivity index (χ3n) is 2.95. The first kappa shape index (κ1) is 14.1. The molecule has 2 rings (SSSR count). The summed E-state index contributed by atoms with van der Waals surface area (Å²) in [6.45, 7) is 6.56. The molecule has 3 heteroatoms. The normalized spacial score (nSPS) is 10.1. The molecule has 0 saturated carbocycles. The van der Waals surface area contributed by atoms with E-state index in [1.54, 1.807) is 25.1 Å². The van der Waals surface area contributed by atoms with Gasteiger partial charge in [-0.3, -0.25) is 0 Å². The number of benzene rings is 2. The summed E-state index contributed by atoms with van der Waals surface area (Å²) in [5, 5.41) is 3.27. The third-order valence-corrected chi connectivity index (χ3v) is 2.95. The van der Waals surface area contributed by atoms with Crippen molar-refractivity contribution >= 4 is 5.69 Å². The Bertz CT molecular complexity index is 578. The molecule has 104 valence electrons. The summed E-state index contributed by atoms with van der Waals surface area (Å²) in [6, 6.07) is 12.9. The molecule has 0 aliphatic heterocycles. The van der Waals surface area contributed by atoms with E-state index < -0.39 is 0 Å². The highest BCUT2D eigenvalue weighted by molar-refractivity contribution is 5.46. The van der Waals surface area contributed by atoms with Crippen molar-refractivity contribution < 1.29 is 9.13 Å². The monoisotopic (exact) mass is 271 g/mol. The van der Waals surface area contributed by atoms with Crippen molar-refractivity contribution in [3.8, 4) is 5.75 Å². The van der Waals surface area contributed by atoms with E-state index >= 15 is 0 Å². The highest BCUT2D eigenvalue weighted by Gasteiger charge is 1.99. The molecule has 0 spiro atoms. The number of hydrogen-bond donors (Lipinski definition) is 1. The minimum Gasteiger partial charge on any atom is -0.490 e. The van der Waals surface area contributed by atoms with E-state index in [1.807, 2.05) is 24.3 Å². The smallest absolute Gasteiger partial charge is 0.126 e. The second kappa shape index (κ2) is 6.75. The van der Waals surface area contributed by atoms with Crippen LogP contribution in [0.25, 0.3) is 0 Å². The van der Waals surface area contributed by atoms with E-state index in [0.717, 1.165) is 17.0 Å². The molecule has 1 N–H and O–H groups in total. The standard InChI is InChI=1S/C17H18FNO/c1-3-10-20-16-7-4-14(5-8-16)12-19-15-6-9-17(18)13(2)11-15/h3-9,11,19H,1,10,12H2,2H3. The van der Waals surface area contributed by atoms with E-state index in [2.05, 4.69) is 11.9 Å². The van der Waals surface area contributed by atoms with Gasteiger partial charge in [-0.2, -0.15) is 0 Å². The molecule has 0 unspecified atom stereocenters. The van der Waals surface area contributed by atoms with Crippen LogP contribution in [0.1, 0.15) is 11.1 Å². The SMILES string of the molecule is C=CCOc1ccc(CNc2ccc(F)c(C)c2)cc1. The fraction of sp³-hybridized carbons (Fsp3) is 0.176. The van der Waals surface area contributed by atoms with Gasteiger partial charge in [-0.05, 0) is 48.4 Å². The predicted octanol–water partition coefficient (Wildman–Crippen LogP) is 4.31. The van der Waals surface area contributed by atoms with Crippen LogP contribution >= 0.6 is 0 Å². The Labute approximate surface area is 118 Å². The summed E-state index contributed by atoms with van der Waals surface area (Å²) in [5.74, 6) is 0.644. The molecule has 0 fully saturated rings. The van der Waals surface area contributed by atoms with Crippen LogP contribution in [0, 0.1) is 12.7 Å². The minimum atomic E-state index is -0.181. The Balaban J connectivity index is 1.93. The van der Waals surface area contributed by atoms with Gasteiger partial charge in [0.05, 0.1) is 0 Å². The lowest BCUT2D eigenvalue weighted by Gasteiger charge is -2.09. The first-order valence-electron chi connectivity index (χ1n) is 6.51. The zero-order valence-corrected chi connectivity index (χ0v) is 11.5. The molecule has 0 aliphatic rings. The van der Waals surface area contributed by atoms with Gasteiger partial charge in [0.2, 0.25) is 0 Å². The molecule has 0 heterocycles. The first-order chi connectivity index (χ1) is 9.69. The summed E-state index contributed by atoms with van der Waals surface area (Å²) in [5.41, 5.74) is 2.69. The van der Waals surface area contributed by atoms with Crippen LogP contribution in [-0.2, 0) is 6.54 Å². The van der Waals surface area contributed by atoms with Crippen LogP contribution in [0.3, 0.4) is 0 Å². The maximum atomic E-state index is 13.2. The average molecular weight is 271 g/mol. The molecule has 0 amide bonds. The summed E-state index contributed by atoms with van der Waals surface area (Å²) >= 11 is 0. The third kappa shape index (κ3) is 3.85. The van der Waals surface area contributed by atoms with Gasteiger partial charge in [-0.15, -0.1) is 0 Å². The van der Waals surface area contributed by atoms with Gasteiger partial charge in [0.25, 0.3) is 0 Å². The topological polar surface area (TPSA) is 21.3 Å². The van der Waals surface area contributed by atoms with Gasteiger partial charge < -0.3 is 10.1 Å². The van der Waals surface area contributed by atoms with E-state index in [4.69, 9.17) is 4.74 Å². The average Bonchev–Trinajstić information content (AvgIpc) is 2.47. The van der Waals surface area contributed by atoms with Crippen molar-refractivity contribution in [1.82, 2.24) is 0 Å². The van der Waals surface area contributed by atoms with Crippen LogP contribution < -0.4 is 10.1 Å². The Hall–Kier alpha value is -2.29. The number of ether oxygens (including phenoxy) is 1. The summed E-state index contributed by atoms with van der Waals surface area (Å²) in [6.07, 6.45) is 1.71. The van der Waals surface area contributed by atoms with Crippen molar-refractivity contribution in [3.05, 3.63) is 72.1 Å². The molecular formula is C17H18FNO. The van der Waals surface area contributed by atoms with Gasteiger partial charge in [-0.25, -0.2) is 4.39 Å². The van der Waals surface area contributed by atoms with E-state index in [1.165, 1.54) is 6.07 Å². The quantitative estimate of drug-likeness (QED) is 0.790. The molecule has 2 nitrogen and oxygen atoms in total. The van der Waals surface area contributed by atoms with Gasteiger partial charge in [0.1, 0.15) is 18.2 Å². The van der Waals surface area contributed by atoms with Crippen molar-refractivity contribution in [2.75, 3.05) is 11.9 Å². The number of aryl methyl sites for hydroxylation is 1. The predicted molar refractivity (Wildman–Crippen MR) is 80.6 cm³/mol. The Kier molecular flexibility index (Phi) is 4.77. The molecule has 0 atom stereocenters. The second-order valence-electron chi connectivity index (χ2n) is 4.56. The highest BCUT2D eigenvalue weighted by atomic mass is 19.1. The van der Waals surface area contributed by atoms with Gasteiger partial charge in [-0.1, -0.05) is 24.8 Å². The Morgan fingerprint density at radius 3 is 2.60 bits per heavy atom. The van der Waals surface area contributed by atoms with Gasteiger partial charge >= 0.3 is 0 Å². The lowest BCUT2D eigenvalue weighted by Crippen LogP contribution is -2.00. The maximum absolute atomic E-state index is 13.2. The number of hydrogen-bond acceptors (Lipinski definition) is 2. The van der Waals surface area contributed by atoms with Crippen molar-refractivity contribution in [2.24, 2.45) is 0 Å². The molecular weight excluding hydrogens is 253 g/mol. The van der Waals surface area contributed by atoms with E-state index in [-0.39, 0.29) is 5.82 Å². The van der Waals surface area contributed by atoms with Gasteiger partial charge in [0, 0.05) is 12.2 Å². The fourth-order valence-electron chi connectivity index (χ4n) is 1.82. The molecule has 0 radical (unpaired) electrons. The molecule has 0 aromatic heterocycles. The Morgan fingerprint density at radius 1 is 1.20 bits per heavy atom. The molecule has 2 aromatic rings. The number of anilines is 1. The van der Waals surface area contributed by atoms with Crippen LogP contribution in [0.4, 0.5) is 10.1 Å². The molecule has 0 bridgehead atoms. The van der Waals surface area contributed by atoms with Crippen LogP contribution in [-0.4, -0.2) is 6.61 Å². The lowest BCUT2D eigenvalue weighted by molar-refractivity contribution is 0.363. The summed E-state index contributed by atoms with van der Waals surface area (Å²) < 4.78 is 18.6. The molecule has 2 aromatic carbocycles. The summed E-state index contributed by atoms with van der Waals surface area (Å²) in [4.78, 5) is 0. The summed E-state index contributed by atoms with van der Waals surface area (Å²) in [7, 11) is 0. The first-order valence-corrected chi connectivity index (χ1v) is 6.51.